The van der Waals surface area contributed by atoms with Crippen LogP contribution in [0.15, 0.2) is 30.3 Å². The van der Waals surface area contributed by atoms with Gasteiger partial charge in [0.05, 0.1) is 0 Å². The average molecular weight is 324 g/mol. The lowest BCUT2D eigenvalue weighted by molar-refractivity contribution is -0.131. The van der Waals surface area contributed by atoms with Crippen molar-refractivity contribution in [1.29, 1.82) is 0 Å². The van der Waals surface area contributed by atoms with Crippen molar-refractivity contribution in [2.45, 2.75) is 53.1 Å². The molecule has 3 nitrogen and oxygen atoms in total. The Kier molecular flexibility index (Phi) is 4.12. The van der Waals surface area contributed by atoms with Crippen LogP contribution in [0.25, 0.3) is 11.1 Å². The Morgan fingerprint density at radius 1 is 1.12 bits per heavy atom. The average Bonchev–Trinajstić information content (AvgIpc) is 2.53. The fourth-order valence-electron chi connectivity index (χ4n) is 3.32. The SMILES string of the molecule is CC(=O)Oc1c(C)c(C)c2c(c1-c1ccccc1)CCC(C)(C)O2. The van der Waals surface area contributed by atoms with Crippen molar-refractivity contribution < 1.29 is 14.3 Å². The second-order valence-electron chi connectivity index (χ2n) is 7.08. The first kappa shape index (κ1) is 16.6. The summed E-state index contributed by atoms with van der Waals surface area (Å²) in [5.41, 5.74) is 5.01. The van der Waals surface area contributed by atoms with Gasteiger partial charge in [0.15, 0.2) is 0 Å². The lowest BCUT2D eigenvalue weighted by atomic mass is 9.85. The molecular weight excluding hydrogens is 300 g/mol. The maximum absolute atomic E-state index is 11.7. The number of ether oxygens (including phenoxy) is 2. The predicted octanol–water partition coefficient (Wildman–Crippen LogP) is 5.00. The third kappa shape index (κ3) is 2.91. The molecule has 0 aromatic heterocycles. The summed E-state index contributed by atoms with van der Waals surface area (Å²) in [6.07, 6.45) is 1.84. The van der Waals surface area contributed by atoms with Crippen LogP contribution in [0.3, 0.4) is 0 Å². The normalized spacial score (nSPS) is 15.4. The monoisotopic (exact) mass is 324 g/mol. The molecule has 0 saturated carbocycles. The fourth-order valence-corrected chi connectivity index (χ4v) is 3.32. The van der Waals surface area contributed by atoms with Gasteiger partial charge in [0.1, 0.15) is 17.1 Å². The molecule has 0 fully saturated rings. The summed E-state index contributed by atoms with van der Waals surface area (Å²) in [5.74, 6) is 1.30. The van der Waals surface area contributed by atoms with E-state index in [1.165, 1.54) is 6.92 Å². The van der Waals surface area contributed by atoms with E-state index in [0.717, 1.165) is 46.4 Å². The maximum atomic E-state index is 11.7. The Hall–Kier alpha value is -2.29. The second kappa shape index (κ2) is 5.97. The van der Waals surface area contributed by atoms with Crippen LogP contribution in [-0.2, 0) is 11.2 Å². The summed E-state index contributed by atoms with van der Waals surface area (Å²) in [4.78, 5) is 11.7. The van der Waals surface area contributed by atoms with Gasteiger partial charge in [-0.05, 0) is 57.2 Å². The molecule has 24 heavy (non-hydrogen) atoms. The number of carbonyl (C=O) groups excluding carboxylic acids is 1. The second-order valence-corrected chi connectivity index (χ2v) is 7.08. The van der Waals surface area contributed by atoms with Crippen molar-refractivity contribution in [3.05, 3.63) is 47.0 Å². The van der Waals surface area contributed by atoms with Crippen molar-refractivity contribution >= 4 is 5.97 Å². The Morgan fingerprint density at radius 3 is 2.42 bits per heavy atom. The fraction of sp³-hybridized carbons (Fsp3) is 0.381. The molecule has 2 aromatic carbocycles. The first-order valence-electron chi connectivity index (χ1n) is 8.39. The van der Waals surface area contributed by atoms with E-state index in [1.807, 2.05) is 32.0 Å². The van der Waals surface area contributed by atoms with Crippen LogP contribution in [0.4, 0.5) is 0 Å². The van der Waals surface area contributed by atoms with Crippen LogP contribution >= 0.6 is 0 Å². The lowest BCUT2D eigenvalue weighted by Crippen LogP contribution is -2.33. The van der Waals surface area contributed by atoms with Gasteiger partial charge in [-0.3, -0.25) is 4.79 Å². The summed E-state index contributed by atoms with van der Waals surface area (Å²) < 4.78 is 11.9. The van der Waals surface area contributed by atoms with E-state index in [-0.39, 0.29) is 11.6 Å². The van der Waals surface area contributed by atoms with Gasteiger partial charge >= 0.3 is 5.97 Å². The van der Waals surface area contributed by atoms with E-state index in [1.54, 1.807) is 0 Å². The van der Waals surface area contributed by atoms with Gasteiger partial charge in [0.2, 0.25) is 0 Å². The van der Waals surface area contributed by atoms with Crippen molar-refractivity contribution in [2.75, 3.05) is 0 Å². The Labute approximate surface area is 143 Å². The molecule has 0 amide bonds. The minimum atomic E-state index is -0.299. The molecule has 3 rings (SSSR count). The lowest BCUT2D eigenvalue weighted by Gasteiger charge is -2.36. The first-order chi connectivity index (χ1) is 11.3. The van der Waals surface area contributed by atoms with E-state index >= 15 is 0 Å². The molecule has 0 spiro atoms. The first-order valence-corrected chi connectivity index (χ1v) is 8.39. The number of benzene rings is 2. The Bertz CT molecular complexity index is 789. The molecule has 3 heteroatoms. The van der Waals surface area contributed by atoms with E-state index in [9.17, 15) is 4.79 Å². The largest absolute Gasteiger partial charge is 0.487 e. The van der Waals surface area contributed by atoms with Gasteiger partial charge in [0.25, 0.3) is 0 Å². The van der Waals surface area contributed by atoms with Crippen molar-refractivity contribution in [2.24, 2.45) is 0 Å². The zero-order valence-corrected chi connectivity index (χ0v) is 15.0. The van der Waals surface area contributed by atoms with Gasteiger partial charge in [-0.1, -0.05) is 30.3 Å². The molecule has 1 heterocycles. The summed E-state index contributed by atoms with van der Waals surface area (Å²) in [5, 5.41) is 0. The van der Waals surface area contributed by atoms with Gasteiger partial charge in [-0.2, -0.15) is 0 Å². The highest BCUT2D eigenvalue weighted by Crippen LogP contribution is 2.48. The Balaban J connectivity index is 2.32. The van der Waals surface area contributed by atoms with E-state index < -0.39 is 0 Å². The standard InChI is InChI=1S/C21H24O3/c1-13-14(2)20(23-15(3)22)18(16-9-7-6-8-10-16)17-11-12-21(4,5)24-19(13)17/h6-10H,11-12H2,1-5H3. The van der Waals surface area contributed by atoms with Gasteiger partial charge < -0.3 is 9.47 Å². The summed E-state index contributed by atoms with van der Waals surface area (Å²) in [6.45, 7) is 9.71. The smallest absolute Gasteiger partial charge is 0.308 e. The van der Waals surface area contributed by atoms with Crippen molar-refractivity contribution in [3.8, 4) is 22.6 Å². The highest BCUT2D eigenvalue weighted by molar-refractivity contribution is 5.83. The van der Waals surface area contributed by atoms with Crippen molar-refractivity contribution in [1.82, 2.24) is 0 Å². The maximum Gasteiger partial charge on any atom is 0.308 e. The molecule has 0 N–H and O–H groups in total. The van der Waals surface area contributed by atoms with Crippen LogP contribution < -0.4 is 9.47 Å². The molecule has 0 unspecified atom stereocenters. The Morgan fingerprint density at radius 2 is 1.79 bits per heavy atom. The molecular formula is C21H24O3. The number of hydrogen-bond donors (Lipinski definition) is 0. The topological polar surface area (TPSA) is 35.5 Å². The van der Waals surface area contributed by atoms with E-state index in [2.05, 4.69) is 26.0 Å². The molecule has 1 aliphatic heterocycles. The molecule has 0 saturated heterocycles. The molecule has 2 aromatic rings. The van der Waals surface area contributed by atoms with Crippen LogP contribution in [0, 0.1) is 13.8 Å². The number of carbonyl (C=O) groups is 1. The zero-order chi connectivity index (χ0) is 17.5. The molecule has 0 radical (unpaired) electrons. The third-order valence-corrected chi connectivity index (χ3v) is 4.71. The van der Waals surface area contributed by atoms with Gasteiger partial charge in [-0.25, -0.2) is 0 Å². The number of rotatable bonds is 2. The molecule has 0 aliphatic carbocycles. The number of fused-ring (bicyclic) bond motifs is 1. The zero-order valence-electron chi connectivity index (χ0n) is 15.0. The van der Waals surface area contributed by atoms with Crippen LogP contribution in [0.5, 0.6) is 11.5 Å². The van der Waals surface area contributed by atoms with E-state index in [0.29, 0.717) is 5.75 Å². The van der Waals surface area contributed by atoms with Crippen LogP contribution in [0.1, 0.15) is 43.9 Å². The number of esters is 1. The van der Waals surface area contributed by atoms with Crippen molar-refractivity contribution in [3.63, 3.8) is 0 Å². The van der Waals surface area contributed by atoms with Gasteiger partial charge in [0, 0.05) is 18.1 Å². The highest BCUT2D eigenvalue weighted by atomic mass is 16.5. The van der Waals surface area contributed by atoms with Gasteiger partial charge in [-0.15, -0.1) is 0 Å². The highest BCUT2D eigenvalue weighted by Gasteiger charge is 2.32. The predicted molar refractivity (Wildman–Crippen MR) is 95.7 cm³/mol. The molecule has 0 atom stereocenters. The summed E-state index contributed by atoms with van der Waals surface area (Å²) >= 11 is 0. The minimum absolute atomic E-state index is 0.179. The molecule has 126 valence electrons. The third-order valence-electron chi connectivity index (χ3n) is 4.71. The number of hydrogen-bond acceptors (Lipinski definition) is 3. The minimum Gasteiger partial charge on any atom is -0.487 e. The molecule has 0 bridgehead atoms. The van der Waals surface area contributed by atoms with E-state index in [4.69, 9.17) is 9.47 Å². The van der Waals surface area contributed by atoms with Crippen LogP contribution in [0.2, 0.25) is 0 Å². The summed E-state index contributed by atoms with van der Waals surface area (Å²) in [7, 11) is 0. The summed E-state index contributed by atoms with van der Waals surface area (Å²) in [6, 6.07) is 10.1. The molecule has 1 aliphatic rings. The quantitative estimate of drug-likeness (QED) is 0.576. The van der Waals surface area contributed by atoms with Crippen LogP contribution in [-0.4, -0.2) is 11.6 Å².